The highest BCUT2D eigenvalue weighted by Gasteiger charge is 2.09. The molecule has 8 heteroatoms. The lowest BCUT2D eigenvalue weighted by Crippen LogP contribution is -2.24. The maximum absolute atomic E-state index is 12.1. The highest BCUT2D eigenvalue weighted by Crippen LogP contribution is 2.25. The molecule has 4 rings (SSSR count). The Hall–Kier alpha value is -4.07. The SMILES string of the molecule is O=C(Cn1nnc(-c2ccccc2)n1)N/N=C\c1c(O)ccc2ccccc12. The number of hydrogen-bond acceptors (Lipinski definition) is 6. The third-order valence-electron chi connectivity index (χ3n) is 4.10. The van der Waals surface area contributed by atoms with Crippen LogP contribution < -0.4 is 5.43 Å². The Morgan fingerprint density at radius 1 is 1.07 bits per heavy atom. The zero-order chi connectivity index (χ0) is 19.3. The third kappa shape index (κ3) is 3.70. The van der Waals surface area contributed by atoms with Gasteiger partial charge in [-0.15, -0.1) is 10.2 Å². The first-order valence-electron chi connectivity index (χ1n) is 8.56. The van der Waals surface area contributed by atoms with Crippen molar-refractivity contribution in [1.82, 2.24) is 25.6 Å². The minimum Gasteiger partial charge on any atom is -0.507 e. The van der Waals surface area contributed by atoms with Crippen molar-refractivity contribution in [2.45, 2.75) is 6.54 Å². The number of aromatic hydroxyl groups is 1. The number of phenolic OH excluding ortho intramolecular Hbond substituents is 1. The summed E-state index contributed by atoms with van der Waals surface area (Å²) in [5.41, 5.74) is 3.76. The van der Waals surface area contributed by atoms with Gasteiger partial charge < -0.3 is 5.11 Å². The molecule has 0 aliphatic heterocycles. The van der Waals surface area contributed by atoms with E-state index in [9.17, 15) is 9.90 Å². The number of amides is 1. The van der Waals surface area contributed by atoms with Gasteiger partial charge in [0.1, 0.15) is 12.3 Å². The van der Waals surface area contributed by atoms with Gasteiger partial charge in [-0.2, -0.15) is 9.90 Å². The predicted molar refractivity (Wildman–Crippen MR) is 105 cm³/mol. The molecule has 0 atom stereocenters. The average Bonchev–Trinajstić information content (AvgIpc) is 3.19. The van der Waals surface area contributed by atoms with Crippen LogP contribution >= 0.6 is 0 Å². The van der Waals surface area contributed by atoms with Crippen LogP contribution in [-0.4, -0.2) is 37.4 Å². The molecule has 1 amide bonds. The number of carbonyl (C=O) groups excluding carboxylic acids is 1. The average molecular weight is 372 g/mol. The summed E-state index contributed by atoms with van der Waals surface area (Å²) in [6, 6.07) is 20.4. The monoisotopic (exact) mass is 372 g/mol. The number of hydrazone groups is 1. The van der Waals surface area contributed by atoms with Crippen molar-refractivity contribution in [2.24, 2.45) is 5.10 Å². The molecular weight excluding hydrogens is 356 g/mol. The van der Waals surface area contributed by atoms with Gasteiger partial charge in [0.25, 0.3) is 5.91 Å². The molecular formula is C20H16N6O2. The predicted octanol–water partition coefficient (Wildman–Crippen LogP) is 2.35. The fourth-order valence-electron chi connectivity index (χ4n) is 2.77. The molecule has 138 valence electrons. The molecule has 8 nitrogen and oxygen atoms in total. The van der Waals surface area contributed by atoms with Gasteiger partial charge in [0.15, 0.2) is 0 Å². The van der Waals surface area contributed by atoms with Crippen LogP contribution in [0.1, 0.15) is 5.56 Å². The maximum atomic E-state index is 12.1. The summed E-state index contributed by atoms with van der Waals surface area (Å²) in [7, 11) is 0. The Kier molecular flexibility index (Phi) is 4.75. The Morgan fingerprint density at radius 2 is 1.86 bits per heavy atom. The van der Waals surface area contributed by atoms with Crippen LogP contribution in [0.25, 0.3) is 22.2 Å². The lowest BCUT2D eigenvalue weighted by atomic mass is 10.0. The highest BCUT2D eigenvalue weighted by atomic mass is 16.3. The highest BCUT2D eigenvalue weighted by molar-refractivity contribution is 6.02. The summed E-state index contributed by atoms with van der Waals surface area (Å²) < 4.78 is 0. The second-order valence-electron chi connectivity index (χ2n) is 6.02. The lowest BCUT2D eigenvalue weighted by molar-refractivity contribution is -0.122. The molecule has 1 aromatic heterocycles. The molecule has 0 aliphatic rings. The Labute approximate surface area is 160 Å². The molecule has 2 N–H and O–H groups in total. The molecule has 0 saturated carbocycles. The molecule has 0 radical (unpaired) electrons. The van der Waals surface area contributed by atoms with Crippen molar-refractivity contribution in [3.63, 3.8) is 0 Å². The second-order valence-corrected chi connectivity index (χ2v) is 6.02. The number of nitrogens with one attached hydrogen (secondary N) is 1. The van der Waals surface area contributed by atoms with E-state index in [2.05, 4.69) is 25.9 Å². The largest absolute Gasteiger partial charge is 0.507 e. The van der Waals surface area contributed by atoms with E-state index in [0.29, 0.717) is 11.4 Å². The van der Waals surface area contributed by atoms with Crippen LogP contribution in [0.15, 0.2) is 71.8 Å². The number of tetrazole rings is 1. The molecule has 0 fully saturated rings. The fourth-order valence-corrected chi connectivity index (χ4v) is 2.77. The van der Waals surface area contributed by atoms with E-state index in [1.54, 1.807) is 6.07 Å². The van der Waals surface area contributed by atoms with Crippen molar-refractivity contribution in [2.75, 3.05) is 0 Å². The second kappa shape index (κ2) is 7.67. The van der Waals surface area contributed by atoms with E-state index >= 15 is 0 Å². The molecule has 0 spiro atoms. The zero-order valence-electron chi connectivity index (χ0n) is 14.7. The van der Waals surface area contributed by atoms with Crippen LogP contribution in [0.3, 0.4) is 0 Å². The quantitative estimate of drug-likeness (QED) is 0.413. The standard InChI is InChI=1S/C20H16N6O2/c27-18-11-10-14-6-4-5-9-16(14)17(18)12-21-22-19(28)13-26-24-20(23-25-26)15-7-2-1-3-8-15/h1-12,27H,13H2,(H,22,28)/b21-12-. The van der Waals surface area contributed by atoms with E-state index in [4.69, 9.17) is 0 Å². The normalized spacial score (nSPS) is 11.1. The number of fused-ring (bicyclic) bond motifs is 1. The molecule has 0 bridgehead atoms. The van der Waals surface area contributed by atoms with Crippen molar-refractivity contribution < 1.29 is 9.90 Å². The van der Waals surface area contributed by atoms with E-state index in [1.165, 1.54) is 11.0 Å². The van der Waals surface area contributed by atoms with Crippen molar-refractivity contribution >= 4 is 22.9 Å². The summed E-state index contributed by atoms with van der Waals surface area (Å²) in [6.07, 6.45) is 1.42. The summed E-state index contributed by atoms with van der Waals surface area (Å²) in [6.45, 7) is -0.126. The smallest absolute Gasteiger partial charge is 0.263 e. The summed E-state index contributed by atoms with van der Waals surface area (Å²) in [5.74, 6) is 0.118. The van der Waals surface area contributed by atoms with Gasteiger partial charge in [-0.25, -0.2) is 5.43 Å². The molecule has 0 unspecified atom stereocenters. The molecule has 28 heavy (non-hydrogen) atoms. The first kappa shape index (κ1) is 17.3. The van der Waals surface area contributed by atoms with Gasteiger partial charge in [0, 0.05) is 11.1 Å². The van der Waals surface area contributed by atoms with Crippen LogP contribution in [0, 0.1) is 0 Å². The van der Waals surface area contributed by atoms with E-state index in [1.807, 2.05) is 60.7 Å². The van der Waals surface area contributed by atoms with Crippen molar-refractivity contribution in [1.29, 1.82) is 0 Å². The van der Waals surface area contributed by atoms with Gasteiger partial charge in [-0.05, 0) is 22.1 Å². The third-order valence-corrected chi connectivity index (χ3v) is 4.10. The lowest BCUT2D eigenvalue weighted by Gasteiger charge is -2.04. The van der Waals surface area contributed by atoms with E-state index in [0.717, 1.165) is 16.3 Å². The minimum absolute atomic E-state index is 0.0853. The van der Waals surface area contributed by atoms with Gasteiger partial charge in [0.2, 0.25) is 5.82 Å². The number of phenols is 1. The van der Waals surface area contributed by atoms with Gasteiger partial charge in [-0.1, -0.05) is 60.7 Å². The number of aromatic nitrogens is 4. The molecule has 0 saturated heterocycles. The molecule has 3 aromatic carbocycles. The van der Waals surface area contributed by atoms with E-state index < -0.39 is 5.91 Å². The van der Waals surface area contributed by atoms with E-state index in [-0.39, 0.29) is 12.3 Å². The Bertz CT molecular complexity index is 1150. The van der Waals surface area contributed by atoms with Gasteiger partial charge in [-0.3, -0.25) is 4.79 Å². The number of carbonyl (C=O) groups is 1. The maximum Gasteiger partial charge on any atom is 0.263 e. The van der Waals surface area contributed by atoms with Gasteiger partial charge >= 0.3 is 0 Å². The van der Waals surface area contributed by atoms with Gasteiger partial charge in [0.05, 0.1) is 6.21 Å². The topological polar surface area (TPSA) is 105 Å². The number of rotatable bonds is 5. The first-order chi connectivity index (χ1) is 13.7. The number of nitrogens with zero attached hydrogens (tertiary/aromatic N) is 5. The van der Waals surface area contributed by atoms with Crippen LogP contribution in [-0.2, 0) is 11.3 Å². The summed E-state index contributed by atoms with van der Waals surface area (Å²) in [4.78, 5) is 13.3. The van der Waals surface area contributed by atoms with Crippen molar-refractivity contribution in [3.8, 4) is 17.1 Å². The molecule has 0 aliphatic carbocycles. The van der Waals surface area contributed by atoms with Crippen LogP contribution in [0.2, 0.25) is 0 Å². The van der Waals surface area contributed by atoms with Crippen LogP contribution in [0.4, 0.5) is 0 Å². The first-order valence-corrected chi connectivity index (χ1v) is 8.56. The van der Waals surface area contributed by atoms with Crippen LogP contribution in [0.5, 0.6) is 5.75 Å². The Balaban J connectivity index is 1.43. The zero-order valence-corrected chi connectivity index (χ0v) is 14.7. The summed E-state index contributed by atoms with van der Waals surface area (Å²) >= 11 is 0. The molecule has 4 aromatic rings. The summed E-state index contributed by atoms with van der Waals surface area (Å²) in [5, 5.41) is 27.8. The number of hydrogen-bond donors (Lipinski definition) is 2. The number of benzene rings is 3. The fraction of sp³-hybridized carbons (Fsp3) is 0.0500. The van der Waals surface area contributed by atoms with Crippen molar-refractivity contribution in [3.05, 3.63) is 72.3 Å². The molecule has 1 heterocycles. The minimum atomic E-state index is -0.409. The Morgan fingerprint density at radius 3 is 2.71 bits per heavy atom.